The van der Waals surface area contributed by atoms with Crippen molar-refractivity contribution in [2.45, 2.75) is 32.9 Å². The van der Waals surface area contributed by atoms with E-state index in [1.54, 1.807) is 0 Å². The summed E-state index contributed by atoms with van der Waals surface area (Å²) in [5.41, 5.74) is 3.81. The fourth-order valence-corrected chi connectivity index (χ4v) is 2.40. The molecule has 0 spiro atoms. The SMILES string of the molecule is Cc1ccc(C(C)NC(C)c2cccc(Cl)c2)cc1. The van der Waals surface area contributed by atoms with E-state index in [4.69, 9.17) is 11.6 Å². The zero-order chi connectivity index (χ0) is 13.8. The Morgan fingerprint density at radius 2 is 1.53 bits per heavy atom. The Kier molecular flexibility index (Phi) is 4.62. The van der Waals surface area contributed by atoms with Crippen LogP contribution in [0.25, 0.3) is 0 Å². The zero-order valence-corrected chi connectivity index (χ0v) is 12.4. The van der Waals surface area contributed by atoms with Crippen molar-refractivity contribution in [1.29, 1.82) is 0 Å². The second-order valence-electron chi connectivity index (χ2n) is 5.08. The van der Waals surface area contributed by atoms with Gasteiger partial charge < -0.3 is 5.32 Å². The average molecular weight is 274 g/mol. The van der Waals surface area contributed by atoms with Crippen molar-refractivity contribution >= 4 is 11.6 Å². The van der Waals surface area contributed by atoms with Crippen molar-refractivity contribution in [1.82, 2.24) is 5.32 Å². The molecular weight excluding hydrogens is 254 g/mol. The van der Waals surface area contributed by atoms with E-state index in [-0.39, 0.29) is 6.04 Å². The van der Waals surface area contributed by atoms with E-state index in [0.29, 0.717) is 6.04 Å². The van der Waals surface area contributed by atoms with Gasteiger partial charge in [-0.2, -0.15) is 0 Å². The first-order valence-electron chi connectivity index (χ1n) is 6.64. The Balaban J connectivity index is 2.06. The van der Waals surface area contributed by atoms with Crippen LogP contribution < -0.4 is 5.32 Å². The second kappa shape index (κ2) is 6.23. The molecule has 0 bridgehead atoms. The highest BCUT2D eigenvalue weighted by Crippen LogP contribution is 2.21. The number of halogens is 1. The van der Waals surface area contributed by atoms with Crippen LogP contribution in [0.5, 0.6) is 0 Å². The smallest absolute Gasteiger partial charge is 0.0409 e. The first kappa shape index (κ1) is 14.1. The molecule has 0 aliphatic heterocycles. The van der Waals surface area contributed by atoms with Gasteiger partial charge in [0.25, 0.3) is 0 Å². The van der Waals surface area contributed by atoms with Crippen LogP contribution in [0.1, 0.15) is 42.6 Å². The molecule has 0 radical (unpaired) electrons. The second-order valence-corrected chi connectivity index (χ2v) is 5.51. The van der Waals surface area contributed by atoms with Gasteiger partial charge in [0.1, 0.15) is 0 Å². The van der Waals surface area contributed by atoms with Gasteiger partial charge in [0.2, 0.25) is 0 Å². The predicted octanol–water partition coefficient (Wildman–Crippen LogP) is 5.06. The normalized spacial score (nSPS) is 14.1. The molecule has 1 N–H and O–H groups in total. The lowest BCUT2D eigenvalue weighted by atomic mass is 10.0. The number of hydrogen-bond acceptors (Lipinski definition) is 1. The molecule has 0 heterocycles. The van der Waals surface area contributed by atoms with Crippen molar-refractivity contribution in [3.63, 3.8) is 0 Å². The third-order valence-electron chi connectivity index (χ3n) is 3.43. The van der Waals surface area contributed by atoms with E-state index in [9.17, 15) is 0 Å². The summed E-state index contributed by atoms with van der Waals surface area (Å²) in [5.74, 6) is 0. The molecule has 2 heteroatoms. The molecule has 0 fully saturated rings. The molecule has 0 aliphatic rings. The van der Waals surface area contributed by atoms with Gasteiger partial charge in [-0.05, 0) is 44.0 Å². The summed E-state index contributed by atoms with van der Waals surface area (Å²) in [6, 6.07) is 17.3. The minimum absolute atomic E-state index is 0.273. The van der Waals surface area contributed by atoms with E-state index in [0.717, 1.165) is 5.02 Å². The van der Waals surface area contributed by atoms with E-state index in [1.165, 1.54) is 16.7 Å². The molecule has 0 saturated carbocycles. The average Bonchev–Trinajstić information content (AvgIpc) is 2.39. The number of benzene rings is 2. The molecule has 0 amide bonds. The van der Waals surface area contributed by atoms with Crippen molar-refractivity contribution < 1.29 is 0 Å². The van der Waals surface area contributed by atoms with E-state index < -0.39 is 0 Å². The highest BCUT2D eigenvalue weighted by Gasteiger charge is 2.11. The van der Waals surface area contributed by atoms with Crippen LogP contribution in [0.2, 0.25) is 5.02 Å². The summed E-state index contributed by atoms with van der Waals surface area (Å²) in [4.78, 5) is 0. The molecular formula is C17H20ClN. The highest BCUT2D eigenvalue weighted by atomic mass is 35.5. The van der Waals surface area contributed by atoms with Gasteiger partial charge in [0.15, 0.2) is 0 Å². The third-order valence-corrected chi connectivity index (χ3v) is 3.66. The summed E-state index contributed by atoms with van der Waals surface area (Å²) < 4.78 is 0. The van der Waals surface area contributed by atoms with Crippen molar-refractivity contribution in [3.05, 3.63) is 70.2 Å². The maximum absolute atomic E-state index is 6.03. The Hall–Kier alpha value is -1.31. The summed E-state index contributed by atoms with van der Waals surface area (Å²) in [5, 5.41) is 4.39. The quantitative estimate of drug-likeness (QED) is 0.821. The fourth-order valence-electron chi connectivity index (χ4n) is 2.20. The van der Waals surface area contributed by atoms with Crippen LogP contribution in [0.3, 0.4) is 0 Å². The molecule has 2 aromatic carbocycles. The van der Waals surface area contributed by atoms with E-state index >= 15 is 0 Å². The lowest BCUT2D eigenvalue weighted by molar-refractivity contribution is 0.494. The van der Waals surface area contributed by atoms with Crippen molar-refractivity contribution in [2.24, 2.45) is 0 Å². The summed E-state index contributed by atoms with van der Waals surface area (Å²) in [6.07, 6.45) is 0. The number of nitrogens with one attached hydrogen (secondary N) is 1. The molecule has 2 atom stereocenters. The topological polar surface area (TPSA) is 12.0 Å². The van der Waals surface area contributed by atoms with Gasteiger partial charge in [-0.15, -0.1) is 0 Å². The largest absolute Gasteiger partial charge is 0.304 e. The predicted molar refractivity (Wildman–Crippen MR) is 82.6 cm³/mol. The number of hydrogen-bond donors (Lipinski definition) is 1. The summed E-state index contributed by atoms with van der Waals surface area (Å²) >= 11 is 6.03. The summed E-state index contributed by atoms with van der Waals surface area (Å²) in [7, 11) is 0. The van der Waals surface area contributed by atoms with Gasteiger partial charge in [-0.3, -0.25) is 0 Å². The van der Waals surface area contributed by atoms with Crippen LogP contribution in [-0.2, 0) is 0 Å². The maximum atomic E-state index is 6.03. The van der Waals surface area contributed by atoms with Gasteiger partial charge in [0, 0.05) is 17.1 Å². The highest BCUT2D eigenvalue weighted by molar-refractivity contribution is 6.30. The first-order valence-corrected chi connectivity index (χ1v) is 7.02. The lowest BCUT2D eigenvalue weighted by Crippen LogP contribution is -2.22. The molecule has 19 heavy (non-hydrogen) atoms. The Labute approximate surface area is 120 Å². The van der Waals surface area contributed by atoms with Gasteiger partial charge in [-0.25, -0.2) is 0 Å². The van der Waals surface area contributed by atoms with Crippen LogP contribution in [-0.4, -0.2) is 0 Å². The van der Waals surface area contributed by atoms with Crippen LogP contribution in [0.15, 0.2) is 48.5 Å². The third kappa shape index (κ3) is 3.82. The monoisotopic (exact) mass is 273 g/mol. The molecule has 2 aromatic rings. The Bertz CT molecular complexity index is 533. The van der Waals surface area contributed by atoms with Crippen molar-refractivity contribution in [3.8, 4) is 0 Å². The first-order chi connectivity index (χ1) is 9.06. The van der Waals surface area contributed by atoms with Gasteiger partial charge >= 0.3 is 0 Å². The molecule has 100 valence electrons. The Morgan fingerprint density at radius 1 is 0.895 bits per heavy atom. The molecule has 0 aromatic heterocycles. The minimum atomic E-state index is 0.273. The molecule has 1 nitrogen and oxygen atoms in total. The van der Waals surface area contributed by atoms with E-state index in [1.807, 2.05) is 18.2 Å². The maximum Gasteiger partial charge on any atom is 0.0409 e. The lowest BCUT2D eigenvalue weighted by Gasteiger charge is -2.21. The fraction of sp³-hybridized carbons (Fsp3) is 0.294. The number of aryl methyl sites for hydroxylation is 1. The molecule has 2 unspecified atom stereocenters. The van der Waals surface area contributed by atoms with E-state index in [2.05, 4.69) is 56.4 Å². The zero-order valence-electron chi connectivity index (χ0n) is 11.7. The Morgan fingerprint density at radius 3 is 2.16 bits per heavy atom. The summed E-state index contributed by atoms with van der Waals surface area (Å²) in [6.45, 7) is 6.46. The van der Waals surface area contributed by atoms with Gasteiger partial charge in [-0.1, -0.05) is 53.6 Å². The molecule has 0 saturated heterocycles. The standard InChI is InChI=1S/C17H20ClN/c1-12-7-9-15(10-8-12)13(2)19-14(3)16-5-4-6-17(18)11-16/h4-11,13-14,19H,1-3H3. The van der Waals surface area contributed by atoms with Gasteiger partial charge in [0.05, 0.1) is 0 Å². The minimum Gasteiger partial charge on any atom is -0.304 e. The van der Waals surface area contributed by atoms with Crippen molar-refractivity contribution in [2.75, 3.05) is 0 Å². The molecule has 0 aliphatic carbocycles. The number of rotatable bonds is 4. The van der Waals surface area contributed by atoms with Crippen LogP contribution in [0, 0.1) is 6.92 Å². The molecule has 2 rings (SSSR count). The van der Waals surface area contributed by atoms with Crippen LogP contribution >= 0.6 is 11.6 Å². The van der Waals surface area contributed by atoms with Crippen LogP contribution in [0.4, 0.5) is 0 Å².